The van der Waals surface area contributed by atoms with E-state index in [0.29, 0.717) is 12.0 Å². The maximum absolute atomic E-state index is 12.4. The molecular weight excluding hydrogens is 278 g/mol. The minimum atomic E-state index is -3.57. The second kappa shape index (κ2) is 5.54. The molecule has 110 valence electrons. The van der Waals surface area contributed by atoms with Crippen molar-refractivity contribution < 1.29 is 18.3 Å². The standard InChI is InChI=1S/C14H19NO4S/c1-10(2)9-20(18,19)15-8-7-11-5-3-4-6-12(11)13(15)14(16)17/h3-6,10,13H,7-9H2,1-2H3,(H,16,17). The van der Waals surface area contributed by atoms with Crippen molar-refractivity contribution in [2.45, 2.75) is 26.3 Å². The van der Waals surface area contributed by atoms with E-state index >= 15 is 0 Å². The molecule has 0 saturated heterocycles. The Labute approximate surface area is 119 Å². The molecule has 2 rings (SSSR count). The molecule has 1 unspecified atom stereocenters. The molecule has 1 aliphatic heterocycles. The van der Waals surface area contributed by atoms with Crippen molar-refractivity contribution in [1.82, 2.24) is 4.31 Å². The first-order valence-electron chi connectivity index (χ1n) is 6.63. The summed E-state index contributed by atoms with van der Waals surface area (Å²) in [6, 6.07) is 6.04. The zero-order valence-electron chi connectivity index (χ0n) is 11.6. The minimum absolute atomic E-state index is 0.0288. The summed E-state index contributed by atoms with van der Waals surface area (Å²) in [6.07, 6.45) is 0.553. The van der Waals surface area contributed by atoms with E-state index in [-0.39, 0.29) is 18.2 Å². The first-order chi connectivity index (χ1) is 9.33. The van der Waals surface area contributed by atoms with Gasteiger partial charge in [-0.25, -0.2) is 8.42 Å². The van der Waals surface area contributed by atoms with Crippen LogP contribution in [-0.2, 0) is 21.2 Å². The molecule has 1 aromatic carbocycles. The Morgan fingerprint density at radius 2 is 2.05 bits per heavy atom. The van der Waals surface area contributed by atoms with E-state index in [0.717, 1.165) is 9.87 Å². The van der Waals surface area contributed by atoms with Gasteiger partial charge in [0.1, 0.15) is 6.04 Å². The number of rotatable bonds is 4. The summed E-state index contributed by atoms with van der Waals surface area (Å²) in [4.78, 5) is 11.6. The minimum Gasteiger partial charge on any atom is -0.480 e. The number of carbonyl (C=O) groups is 1. The van der Waals surface area contributed by atoms with Gasteiger partial charge in [0.15, 0.2) is 0 Å². The topological polar surface area (TPSA) is 74.7 Å². The molecule has 0 saturated carbocycles. The number of fused-ring (bicyclic) bond motifs is 1. The molecular formula is C14H19NO4S. The summed E-state index contributed by atoms with van der Waals surface area (Å²) in [6.45, 7) is 3.85. The maximum atomic E-state index is 12.4. The lowest BCUT2D eigenvalue weighted by atomic mass is 9.94. The van der Waals surface area contributed by atoms with E-state index in [4.69, 9.17) is 0 Å². The van der Waals surface area contributed by atoms with Gasteiger partial charge in [-0.1, -0.05) is 38.1 Å². The summed E-state index contributed by atoms with van der Waals surface area (Å²) in [5, 5.41) is 9.45. The maximum Gasteiger partial charge on any atom is 0.326 e. The number of benzene rings is 1. The van der Waals surface area contributed by atoms with Gasteiger partial charge in [-0.15, -0.1) is 0 Å². The molecule has 1 heterocycles. The van der Waals surface area contributed by atoms with Crippen LogP contribution in [0.5, 0.6) is 0 Å². The SMILES string of the molecule is CC(C)CS(=O)(=O)N1CCc2ccccc2C1C(=O)O. The average Bonchev–Trinajstić information content (AvgIpc) is 2.35. The number of aliphatic carboxylic acids is 1. The predicted octanol–water partition coefficient (Wildman–Crippen LogP) is 1.66. The van der Waals surface area contributed by atoms with Crippen LogP contribution >= 0.6 is 0 Å². The lowest BCUT2D eigenvalue weighted by Gasteiger charge is -2.34. The van der Waals surface area contributed by atoms with Gasteiger partial charge in [-0.05, 0) is 23.5 Å². The van der Waals surface area contributed by atoms with Crippen LogP contribution in [0.15, 0.2) is 24.3 Å². The van der Waals surface area contributed by atoms with Gasteiger partial charge >= 0.3 is 5.97 Å². The lowest BCUT2D eigenvalue weighted by molar-refractivity contribution is -0.142. The molecule has 0 fully saturated rings. The molecule has 6 heteroatoms. The molecule has 1 aromatic rings. The summed E-state index contributed by atoms with van der Waals surface area (Å²) >= 11 is 0. The second-order valence-corrected chi connectivity index (χ2v) is 7.44. The van der Waals surface area contributed by atoms with Crippen molar-refractivity contribution >= 4 is 16.0 Å². The first kappa shape index (κ1) is 15.0. The fraction of sp³-hybridized carbons (Fsp3) is 0.500. The molecule has 0 aromatic heterocycles. The van der Waals surface area contributed by atoms with E-state index in [1.807, 2.05) is 26.0 Å². The van der Waals surface area contributed by atoms with E-state index < -0.39 is 22.0 Å². The van der Waals surface area contributed by atoms with Crippen molar-refractivity contribution in [3.8, 4) is 0 Å². The van der Waals surface area contributed by atoms with Gasteiger partial charge in [-0.3, -0.25) is 4.79 Å². The normalized spacial score (nSPS) is 19.9. The third-order valence-electron chi connectivity index (χ3n) is 3.37. The highest BCUT2D eigenvalue weighted by Gasteiger charge is 2.39. The van der Waals surface area contributed by atoms with Crippen LogP contribution in [-0.4, -0.2) is 36.1 Å². The largest absolute Gasteiger partial charge is 0.480 e. The van der Waals surface area contributed by atoms with Gasteiger partial charge in [-0.2, -0.15) is 4.31 Å². The lowest BCUT2D eigenvalue weighted by Crippen LogP contribution is -2.45. The van der Waals surface area contributed by atoms with Crippen LogP contribution in [0.3, 0.4) is 0 Å². The number of hydrogen-bond donors (Lipinski definition) is 1. The second-order valence-electron chi connectivity index (χ2n) is 5.47. The monoisotopic (exact) mass is 297 g/mol. The molecule has 0 amide bonds. The molecule has 1 atom stereocenters. The van der Waals surface area contributed by atoms with Crippen molar-refractivity contribution in [3.05, 3.63) is 35.4 Å². The van der Waals surface area contributed by atoms with Crippen LogP contribution in [0, 0.1) is 5.92 Å². The molecule has 5 nitrogen and oxygen atoms in total. The number of carboxylic acids is 1. The van der Waals surface area contributed by atoms with E-state index in [1.54, 1.807) is 12.1 Å². The van der Waals surface area contributed by atoms with Gasteiger partial charge in [0.25, 0.3) is 0 Å². The Morgan fingerprint density at radius 1 is 1.40 bits per heavy atom. The third-order valence-corrected chi connectivity index (χ3v) is 5.57. The van der Waals surface area contributed by atoms with E-state index in [9.17, 15) is 18.3 Å². The van der Waals surface area contributed by atoms with Gasteiger partial charge in [0.05, 0.1) is 5.75 Å². The Kier molecular flexibility index (Phi) is 4.15. The summed E-state index contributed by atoms with van der Waals surface area (Å²) in [5.74, 6) is -1.19. The quantitative estimate of drug-likeness (QED) is 0.917. The van der Waals surface area contributed by atoms with Gasteiger partial charge in [0, 0.05) is 6.54 Å². The average molecular weight is 297 g/mol. The first-order valence-corrected chi connectivity index (χ1v) is 8.24. The van der Waals surface area contributed by atoms with Crippen LogP contribution in [0.25, 0.3) is 0 Å². The Bertz CT molecular complexity index is 609. The summed E-state index contributed by atoms with van der Waals surface area (Å²) in [5.41, 5.74) is 1.49. The number of nitrogens with zero attached hydrogens (tertiary/aromatic N) is 1. The van der Waals surface area contributed by atoms with Crippen LogP contribution < -0.4 is 0 Å². The van der Waals surface area contributed by atoms with E-state index in [1.165, 1.54) is 0 Å². The predicted molar refractivity (Wildman–Crippen MR) is 75.9 cm³/mol. The van der Waals surface area contributed by atoms with Crippen molar-refractivity contribution in [2.24, 2.45) is 5.92 Å². The molecule has 1 N–H and O–H groups in total. The third kappa shape index (κ3) is 2.86. The number of carboxylic acid groups (broad SMARTS) is 1. The highest BCUT2D eigenvalue weighted by Crippen LogP contribution is 2.32. The summed E-state index contributed by atoms with van der Waals surface area (Å²) in [7, 11) is -3.57. The van der Waals surface area contributed by atoms with E-state index in [2.05, 4.69) is 0 Å². The van der Waals surface area contributed by atoms with Crippen molar-refractivity contribution in [2.75, 3.05) is 12.3 Å². The molecule has 0 aliphatic carbocycles. The van der Waals surface area contributed by atoms with Gasteiger partial charge in [0.2, 0.25) is 10.0 Å². The number of sulfonamides is 1. The fourth-order valence-electron chi connectivity index (χ4n) is 2.62. The van der Waals surface area contributed by atoms with Crippen molar-refractivity contribution in [1.29, 1.82) is 0 Å². The van der Waals surface area contributed by atoms with Crippen LogP contribution in [0.1, 0.15) is 31.0 Å². The summed E-state index contributed by atoms with van der Waals surface area (Å²) < 4.78 is 25.9. The molecule has 20 heavy (non-hydrogen) atoms. The molecule has 0 spiro atoms. The Balaban J connectivity index is 2.44. The smallest absolute Gasteiger partial charge is 0.326 e. The zero-order valence-corrected chi connectivity index (χ0v) is 12.4. The van der Waals surface area contributed by atoms with Crippen molar-refractivity contribution in [3.63, 3.8) is 0 Å². The van der Waals surface area contributed by atoms with Crippen LogP contribution in [0.2, 0.25) is 0 Å². The van der Waals surface area contributed by atoms with Crippen LogP contribution in [0.4, 0.5) is 0 Å². The zero-order chi connectivity index (χ0) is 14.9. The highest BCUT2D eigenvalue weighted by atomic mass is 32.2. The number of hydrogen-bond acceptors (Lipinski definition) is 3. The Hall–Kier alpha value is -1.40. The van der Waals surface area contributed by atoms with Gasteiger partial charge < -0.3 is 5.11 Å². The molecule has 0 bridgehead atoms. The highest BCUT2D eigenvalue weighted by molar-refractivity contribution is 7.89. The molecule has 0 radical (unpaired) electrons. The fourth-order valence-corrected chi connectivity index (χ4v) is 4.54. The molecule has 1 aliphatic rings. The Morgan fingerprint density at radius 3 is 2.65 bits per heavy atom.